The molecule has 3 heterocycles. The van der Waals surface area contributed by atoms with Gasteiger partial charge in [-0.1, -0.05) is 12.1 Å². The number of hydrogen-bond acceptors (Lipinski definition) is 5. The van der Waals surface area contributed by atoms with Crippen molar-refractivity contribution < 1.29 is 18.1 Å². The van der Waals surface area contributed by atoms with Crippen LogP contribution in [0.2, 0.25) is 0 Å². The molecule has 1 N–H and O–H groups in total. The van der Waals surface area contributed by atoms with Crippen molar-refractivity contribution in [3.8, 4) is 0 Å². The molecule has 0 unspecified atom stereocenters. The molecule has 0 aliphatic carbocycles. The number of rotatable bonds is 4. The molecule has 7 nitrogen and oxygen atoms in total. The third-order valence-electron chi connectivity index (χ3n) is 5.78. The van der Waals surface area contributed by atoms with E-state index < -0.39 is 0 Å². The van der Waals surface area contributed by atoms with Gasteiger partial charge in [-0.25, -0.2) is 14.2 Å². The van der Waals surface area contributed by atoms with Crippen LogP contribution in [0.3, 0.4) is 0 Å². The number of halogens is 1. The van der Waals surface area contributed by atoms with E-state index in [1.807, 2.05) is 18.2 Å². The van der Waals surface area contributed by atoms with E-state index in [9.17, 15) is 9.18 Å². The van der Waals surface area contributed by atoms with Crippen molar-refractivity contribution in [2.45, 2.75) is 38.5 Å². The van der Waals surface area contributed by atoms with Crippen molar-refractivity contribution in [2.24, 2.45) is 0 Å². The van der Waals surface area contributed by atoms with Crippen LogP contribution < -0.4 is 5.32 Å². The topological polar surface area (TPSA) is 84.4 Å². The van der Waals surface area contributed by atoms with Gasteiger partial charge >= 0.3 is 6.03 Å². The van der Waals surface area contributed by atoms with E-state index in [1.165, 1.54) is 12.1 Å². The van der Waals surface area contributed by atoms with Gasteiger partial charge in [0.1, 0.15) is 11.3 Å². The molecule has 31 heavy (non-hydrogen) atoms. The Morgan fingerprint density at radius 3 is 2.84 bits per heavy atom. The number of urea groups is 1. The fourth-order valence-electron chi connectivity index (χ4n) is 4.15. The molecule has 0 atom stereocenters. The lowest BCUT2D eigenvalue weighted by Gasteiger charge is -2.31. The van der Waals surface area contributed by atoms with Crippen LogP contribution in [-0.2, 0) is 6.42 Å². The molecule has 2 aromatic carbocycles. The van der Waals surface area contributed by atoms with Gasteiger partial charge in [0.25, 0.3) is 0 Å². The summed E-state index contributed by atoms with van der Waals surface area (Å²) in [6, 6.07) is 9.78. The highest BCUT2D eigenvalue weighted by Crippen LogP contribution is 2.33. The van der Waals surface area contributed by atoms with Crippen LogP contribution in [0, 0.1) is 5.82 Å². The molecule has 1 saturated heterocycles. The minimum atomic E-state index is -0.306. The molecule has 1 aliphatic rings. The number of likely N-dealkylation sites (tertiary alicyclic amines) is 1. The van der Waals surface area contributed by atoms with E-state index in [0.717, 1.165) is 36.9 Å². The minimum absolute atomic E-state index is 0.134. The molecule has 0 saturated carbocycles. The van der Waals surface area contributed by atoms with Crippen molar-refractivity contribution >= 4 is 33.8 Å². The lowest BCUT2D eigenvalue weighted by atomic mass is 9.92. The number of benzene rings is 2. The second-order valence-corrected chi connectivity index (χ2v) is 7.94. The standard InChI is InChI=1S/C23H23FN4O3/c1-2-3-21-26-18-6-5-16(13-20(18)30-21)25-23(29)28-10-8-14(9-11-28)22-17-12-15(24)4-7-19(17)31-27-22/h4-7,12-14H,2-3,8-11H2,1H3,(H,25,29). The molecule has 0 radical (unpaired) electrons. The lowest BCUT2D eigenvalue weighted by molar-refractivity contribution is 0.193. The number of hydrogen-bond donors (Lipinski definition) is 1. The highest BCUT2D eigenvalue weighted by molar-refractivity contribution is 5.91. The van der Waals surface area contributed by atoms with Gasteiger partial charge in [0, 0.05) is 42.6 Å². The Kier molecular flexibility index (Phi) is 5.05. The van der Waals surface area contributed by atoms with Gasteiger partial charge in [-0.2, -0.15) is 0 Å². The second kappa shape index (κ2) is 8.02. The van der Waals surface area contributed by atoms with Crippen LogP contribution in [0.5, 0.6) is 0 Å². The van der Waals surface area contributed by atoms with Gasteiger partial charge in [-0.3, -0.25) is 0 Å². The number of aryl methyl sites for hydroxylation is 1. The van der Waals surface area contributed by atoms with E-state index in [-0.39, 0.29) is 17.8 Å². The Hall–Kier alpha value is -3.42. The first-order valence-electron chi connectivity index (χ1n) is 10.6. The van der Waals surface area contributed by atoms with Crippen molar-refractivity contribution in [2.75, 3.05) is 18.4 Å². The zero-order valence-electron chi connectivity index (χ0n) is 17.2. The van der Waals surface area contributed by atoms with Gasteiger partial charge in [-0.15, -0.1) is 0 Å². The summed E-state index contributed by atoms with van der Waals surface area (Å²) in [5.41, 5.74) is 3.50. The van der Waals surface area contributed by atoms with Gasteiger partial charge < -0.3 is 19.2 Å². The normalized spacial score (nSPS) is 15.1. The smallest absolute Gasteiger partial charge is 0.321 e. The number of oxazole rings is 1. The first-order chi connectivity index (χ1) is 15.1. The molecule has 1 aliphatic heterocycles. The first kappa shape index (κ1) is 19.5. The Balaban J connectivity index is 1.23. The molecule has 2 aromatic heterocycles. The number of nitrogens with zero attached hydrogens (tertiary/aromatic N) is 3. The maximum absolute atomic E-state index is 13.6. The molecule has 0 spiro atoms. The van der Waals surface area contributed by atoms with Crippen molar-refractivity contribution in [1.29, 1.82) is 0 Å². The molecule has 4 aromatic rings. The average molecular weight is 422 g/mol. The zero-order valence-corrected chi connectivity index (χ0v) is 17.2. The lowest BCUT2D eigenvalue weighted by Crippen LogP contribution is -2.40. The summed E-state index contributed by atoms with van der Waals surface area (Å²) in [5.74, 6) is 0.539. The Labute approximate surface area is 178 Å². The molecule has 1 fully saturated rings. The fourth-order valence-corrected chi connectivity index (χ4v) is 4.15. The predicted molar refractivity (Wildman–Crippen MR) is 115 cm³/mol. The Bertz CT molecular complexity index is 1240. The van der Waals surface area contributed by atoms with Crippen molar-refractivity contribution in [1.82, 2.24) is 15.0 Å². The molecule has 5 rings (SSSR count). The molecule has 8 heteroatoms. The number of carbonyl (C=O) groups excluding carboxylic acids is 1. The van der Waals surface area contributed by atoms with Crippen molar-refractivity contribution in [3.63, 3.8) is 0 Å². The number of piperidine rings is 1. The summed E-state index contributed by atoms with van der Waals surface area (Å²) < 4.78 is 24.7. The van der Waals surface area contributed by atoms with Crippen LogP contribution in [0.1, 0.15) is 43.7 Å². The van der Waals surface area contributed by atoms with E-state index in [0.29, 0.717) is 41.2 Å². The summed E-state index contributed by atoms with van der Waals surface area (Å²) in [4.78, 5) is 19.0. The molecule has 2 amide bonds. The maximum Gasteiger partial charge on any atom is 0.321 e. The molecule has 0 bridgehead atoms. The molecule has 160 valence electrons. The van der Waals surface area contributed by atoms with Gasteiger partial charge in [0.05, 0.1) is 5.69 Å². The van der Waals surface area contributed by atoms with E-state index in [2.05, 4.69) is 22.4 Å². The molecular formula is C23H23FN4O3. The number of carbonyl (C=O) groups is 1. The number of nitrogens with one attached hydrogen (secondary N) is 1. The van der Waals surface area contributed by atoms with Crippen LogP contribution in [0.4, 0.5) is 14.9 Å². The average Bonchev–Trinajstić information content (AvgIpc) is 3.37. The third kappa shape index (κ3) is 3.85. The van der Waals surface area contributed by atoms with E-state index in [4.69, 9.17) is 8.94 Å². The second-order valence-electron chi connectivity index (χ2n) is 7.94. The van der Waals surface area contributed by atoms with Gasteiger partial charge in [0.2, 0.25) is 0 Å². The highest BCUT2D eigenvalue weighted by Gasteiger charge is 2.27. The number of fused-ring (bicyclic) bond motifs is 2. The van der Waals surface area contributed by atoms with Crippen LogP contribution in [-0.4, -0.2) is 34.2 Å². The van der Waals surface area contributed by atoms with Crippen LogP contribution in [0.25, 0.3) is 22.1 Å². The Morgan fingerprint density at radius 2 is 2.03 bits per heavy atom. The molecular weight excluding hydrogens is 399 g/mol. The van der Waals surface area contributed by atoms with Gasteiger partial charge in [-0.05, 0) is 49.6 Å². The van der Waals surface area contributed by atoms with Crippen molar-refractivity contribution in [3.05, 3.63) is 53.8 Å². The summed E-state index contributed by atoms with van der Waals surface area (Å²) in [6.45, 7) is 3.25. The summed E-state index contributed by atoms with van der Waals surface area (Å²) in [5, 5.41) is 7.83. The zero-order chi connectivity index (χ0) is 21.4. The van der Waals surface area contributed by atoms with Gasteiger partial charge in [0.15, 0.2) is 17.1 Å². The minimum Gasteiger partial charge on any atom is -0.441 e. The van der Waals surface area contributed by atoms with E-state index >= 15 is 0 Å². The highest BCUT2D eigenvalue weighted by atomic mass is 19.1. The fraction of sp³-hybridized carbons (Fsp3) is 0.348. The number of amides is 2. The maximum atomic E-state index is 13.6. The quantitative estimate of drug-likeness (QED) is 0.471. The van der Waals surface area contributed by atoms with Crippen LogP contribution >= 0.6 is 0 Å². The number of anilines is 1. The largest absolute Gasteiger partial charge is 0.441 e. The first-order valence-corrected chi connectivity index (χ1v) is 10.6. The Morgan fingerprint density at radius 1 is 1.19 bits per heavy atom. The third-order valence-corrected chi connectivity index (χ3v) is 5.78. The summed E-state index contributed by atoms with van der Waals surface area (Å²) in [6.07, 6.45) is 3.24. The summed E-state index contributed by atoms with van der Waals surface area (Å²) >= 11 is 0. The number of aromatic nitrogens is 2. The van der Waals surface area contributed by atoms with E-state index in [1.54, 1.807) is 11.0 Å². The SMILES string of the molecule is CCCc1nc2ccc(NC(=O)N3CCC(c4noc5ccc(F)cc45)CC3)cc2o1. The predicted octanol–water partition coefficient (Wildman–Crippen LogP) is 5.47. The van der Waals surface area contributed by atoms with Crippen LogP contribution in [0.15, 0.2) is 45.3 Å². The summed E-state index contributed by atoms with van der Waals surface area (Å²) in [7, 11) is 0. The monoisotopic (exact) mass is 422 g/mol.